The fourth-order valence-corrected chi connectivity index (χ4v) is 3.66. The Kier molecular flexibility index (Phi) is 17.1. The van der Waals surface area contributed by atoms with E-state index in [2.05, 4.69) is 13.8 Å². The molecule has 134 valence electrons. The van der Waals surface area contributed by atoms with Crippen LogP contribution in [0, 0.1) is 0 Å². The lowest BCUT2D eigenvalue weighted by Gasteiger charge is -2.22. The predicted molar refractivity (Wildman–Crippen MR) is 111 cm³/mol. The van der Waals surface area contributed by atoms with Gasteiger partial charge in [0.2, 0.25) is 0 Å². The van der Waals surface area contributed by atoms with Crippen molar-refractivity contribution in [3.8, 4) is 0 Å². The molecule has 0 aliphatic carbocycles. The number of thiol groups is 2. The van der Waals surface area contributed by atoms with Crippen LogP contribution < -0.4 is 0 Å². The van der Waals surface area contributed by atoms with Gasteiger partial charge in [0.1, 0.15) is 0 Å². The number of hydrogen-bond donors (Lipinski definition) is 2. The van der Waals surface area contributed by atoms with Crippen molar-refractivity contribution in [2.75, 3.05) is 0 Å². The lowest BCUT2D eigenvalue weighted by Crippen LogP contribution is -2.12. The Hall–Kier alpha value is 0.700. The van der Waals surface area contributed by atoms with Crippen molar-refractivity contribution in [3.63, 3.8) is 0 Å². The van der Waals surface area contributed by atoms with Crippen LogP contribution in [0.15, 0.2) is 0 Å². The fraction of sp³-hybridized carbons (Fsp3) is 1.00. The van der Waals surface area contributed by atoms with Gasteiger partial charge in [0.05, 0.1) is 4.08 Å². The Labute approximate surface area is 152 Å². The van der Waals surface area contributed by atoms with Crippen LogP contribution in [0.4, 0.5) is 0 Å². The molecule has 0 fully saturated rings. The predicted octanol–water partition coefficient (Wildman–Crippen LogP) is 8.21. The smallest absolute Gasteiger partial charge is 0.0552 e. The Morgan fingerprint density at radius 3 is 1.05 bits per heavy atom. The molecule has 0 aliphatic rings. The van der Waals surface area contributed by atoms with E-state index in [0.717, 1.165) is 0 Å². The second kappa shape index (κ2) is 16.6. The van der Waals surface area contributed by atoms with E-state index in [-0.39, 0.29) is 4.08 Å². The third-order valence-electron chi connectivity index (χ3n) is 4.61. The normalized spacial score (nSPS) is 12.0. The van der Waals surface area contributed by atoms with E-state index in [0.29, 0.717) is 0 Å². The number of rotatable bonds is 17. The molecule has 0 unspecified atom stereocenters. The van der Waals surface area contributed by atoms with Crippen LogP contribution in [-0.4, -0.2) is 4.08 Å². The van der Waals surface area contributed by atoms with Crippen molar-refractivity contribution in [1.82, 2.24) is 0 Å². The molecule has 0 atom stereocenters. The summed E-state index contributed by atoms with van der Waals surface area (Å²) in [4.78, 5) is 0. The molecule has 0 spiro atoms. The van der Waals surface area contributed by atoms with Gasteiger partial charge in [-0.2, -0.15) is 25.3 Å². The van der Waals surface area contributed by atoms with E-state index in [1.54, 1.807) is 0 Å². The van der Waals surface area contributed by atoms with Gasteiger partial charge in [0, 0.05) is 0 Å². The first-order valence-corrected chi connectivity index (χ1v) is 11.0. The molecule has 0 amide bonds. The van der Waals surface area contributed by atoms with Crippen molar-refractivity contribution >= 4 is 25.3 Å². The third-order valence-corrected chi connectivity index (χ3v) is 5.51. The van der Waals surface area contributed by atoms with Gasteiger partial charge in [-0.05, 0) is 12.8 Å². The number of unbranched alkanes of at least 4 members (excludes halogenated alkanes) is 13. The summed E-state index contributed by atoms with van der Waals surface area (Å²) in [6.07, 6.45) is 23.1. The highest BCUT2D eigenvalue weighted by Gasteiger charge is 2.18. The van der Waals surface area contributed by atoms with E-state index in [4.69, 9.17) is 25.3 Å². The highest BCUT2D eigenvalue weighted by Crippen LogP contribution is 2.32. The maximum absolute atomic E-state index is 4.78. The molecule has 22 heavy (non-hydrogen) atoms. The zero-order valence-electron chi connectivity index (χ0n) is 15.4. The summed E-state index contributed by atoms with van der Waals surface area (Å²) in [7, 11) is 0. The quantitative estimate of drug-likeness (QED) is 0.148. The van der Waals surface area contributed by atoms with Crippen LogP contribution in [0.25, 0.3) is 0 Å². The summed E-state index contributed by atoms with van der Waals surface area (Å²) in [5, 5.41) is 0. The maximum atomic E-state index is 4.78. The molecule has 0 bridgehead atoms. The fourth-order valence-electron chi connectivity index (χ4n) is 3.03. The first-order chi connectivity index (χ1) is 10.6. The number of hydrogen-bond acceptors (Lipinski definition) is 2. The SMILES string of the molecule is CCCCCCCCCCCC(S)(S)CCCCCCCC. The molecule has 0 nitrogen and oxygen atoms in total. The van der Waals surface area contributed by atoms with Crippen molar-refractivity contribution in [1.29, 1.82) is 0 Å². The largest absolute Gasteiger partial charge is 0.162 e. The van der Waals surface area contributed by atoms with E-state index in [1.807, 2.05) is 0 Å². The minimum absolute atomic E-state index is 0.0219. The summed E-state index contributed by atoms with van der Waals surface area (Å²) >= 11 is 9.55. The van der Waals surface area contributed by atoms with Gasteiger partial charge in [-0.1, -0.05) is 110 Å². The lowest BCUT2D eigenvalue weighted by molar-refractivity contribution is 0.521. The van der Waals surface area contributed by atoms with Crippen molar-refractivity contribution in [2.45, 2.75) is 127 Å². The van der Waals surface area contributed by atoms with Gasteiger partial charge in [-0.25, -0.2) is 0 Å². The molecule has 2 heteroatoms. The van der Waals surface area contributed by atoms with E-state index in [9.17, 15) is 0 Å². The Morgan fingerprint density at radius 2 is 0.727 bits per heavy atom. The van der Waals surface area contributed by atoms with Crippen LogP contribution in [0.3, 0.4) is 0 Å². The summed E-state index contributed by atoms with van der Waals surface area (Å²) in [5.41, 5.74) is 0. The molecule has 0 saturated carbocycles. The van der Waals surface area contributed by atoms with Crippen molar-refractivity contribution in [3.05, 3.63) is 0 Å². The zero-order chi connectivity index (χ0) is 16.5. The molecule has 0 radical (unpaired) electrons. The Balaban J connectivity index is 3.32. The van der Waals surface area contributed by atoms with Gasteiger partial charge in [-0.15, -0.1) is 0 Å². The molecule has 0 aromatic carbocycles. The molecule has 0 aromatic heterocycles. The average molecular weight is 347 g/mol. The van der Waals surface area contributed by atoms with Gasteiger partial charge >= 0.3 is 0 Å². The standard InChI is InChI=1S/C20H42S2/c1-3-5-7-9-11-12-13-15-17-19-20(21,22)18-16-14-10-8-6-4-2/h21-22H,3-19H2,1-2H3. The highest BCUT2D eigenvalue weighted by atomic mass is 32.2. The molecule has 0 N–H and O–H groups in total. The molecule has 0 heterocycles. The molecule has 0 aromatic rings. The Morgan fingerprint density at radius 1 is 0.455 bits per heavy atom. The van der Waals surface area contributed by atoms with Crippen LogP contribution in [0.2, 0.25) is 0 Å². The van der Waals surface area contributed by atoms with Crippen LogP contribution >= 0.6 is 25.3 Å². The average Bonchev–Trinajstić information content (AvgIpc) is 2.49. The van der Waals surface area contributed by atoms with Gasteiger partial charge in [0.15, 0.2) is 0 Å². The molecular formula is C20H42S2. The minimum Gasteiger partial charge on any atom is -0.162 e. The summed E-state index contributed by atoms with van der Waals surface area (Å²) in [6.45, 7) is 4.56. The van der Waals surface area contributed by atoms with Crippen molar-refractivity contribution < 1.29 is 0 Å². The molecule has 0 rings (SSSR count). The second-order valence-electron chi connectivity index (χ2n) is 7.08. The third kappa shape index (κ3) is 17.1. The minimum atomic E-state index is -0.0219. The maximum Gasteiger partial charge on any atom is 0.0552 e. The Bertz CT molecular complexity index is 214. The van der Waals surface area contributed by atoms with Gasteiger partial charge < -0.3 is 0 Å². The summed E-state index contributed by atoms with van der Waals surface area (Å²) in [6, 6.07) is 0. The van der Waals surface area contributed by atoms with Crippen LogP contribution in [0.1, 0.15) is 123 Å². The van der Waals surface area contributed by atoms with Crippen LogP contribution in [0.5, 0.6) is 0 Å². The summed E-state index contributed by atoms with van der Waals surface area (Å²) < 4.78 is -0.0219. The van der Waals surface area contributed by atoms with E-state index >= 15 is 0 Å². The highest BCUT2D eigenvalue weighted by molar-refractivity contribution is 8.00. The topological polar surface area (TPSA) is 0 Å². The molecule has 0 saturated heterocycles. The molecular weight excluding hydrogens is 304 g/mol. The zero-order valence-corrected chi connectivity index (χ0v) is 17.2. The monoisotopic (exact) mass is 346 g/mol. The van der Waals surface area contributed by atoms with Crippen LogP contribution in [-0.2, 0) is 0 Å². The summed E-state index contributed by atoms with van der Waals surface area (Å²) in [5.74, 6) is 0. The molecule has 0 aliphatic heterocycles. The van der Waals surface area contributed by atoms with Gasteiger partial charge in [0.25, 0.3) is 0 Å². The lowest BCUT2D eigenvalue weighted by atomic mass is 10.0. The van der Waals surface area contributed by atoms with Gasteiger partial charge in [-0.3, -0.25) is 0 Å². The van der Waals surface area contributed by atoms with E-state index < -0.39 is 0 Å². The second-order valence-corrected chi connectivity index (χ2v) is 9.14. The van der Waals surface area contributed by atoms with Crippen molar-refractivity contribution in [2.24, 2.45) is 0 Å². The first-order valence-electron chi connectivity index (χ1n) is 10.1. The first kappa shape index (κ1) is 22.7. The van der Waals surface area contributed by atoms with E-state index in [1.165, 1.54) is 109 Å².